The maximum absolute atomic E-state index is 10.9. The van der Waals surface area contributed by atoms with Crippen LogP contribution < -0.4 is 0 Å². The predicted molar refractivity (Wildman–Crippen MR) is 89.2 cm³/mol. The number of fused-ring (bicyclic) bond motifs is 1. The highest BCUT2D eigenvalue weighted by atomic mass is 16.1. The van der Waals surface area contributed by atoms with E-state index in [0.29, 0.717) is 5.56 Å². The van der Waals surface area contributed by atoms with Crippen molar-refractivity contribution in [2.45, 2.75) is 0 Å². The summed E-state index contributed by atoms with van der Waals surface area (Å²) < 4.78 is 2.07. The quantitative estimate of drug-likeness (QED) is 0.539. The standard InChI is InChI=1S/C19H13N3O/c23-13-14-4-6-15(7-5-14)18-19(16-8-10-20-11-9-16)22-12-2-1-3-17(22)21-18/h1-13H. The van der Waals surface area contributed by atoms with E-state index in [9.17, 15) is 4.79 Å². The number of pyridine rings is 2. The van der Waals surface area contributed by atoms with Gasteiger partial charge in [-0.2, -0.15) is 0 Å². The SMILES string of the molecule is O=Cc1ccc(-c2nc3ccccn3c2-c2ccncc2)cc1. The molecule has 0 spiro atoms. The minimum atomic E-state index is 0.656. The molecule has 0 saturated heterocycles. The van der Waals surface area contributed by atoms with Gasteiger partial charge in [0.25, 0.3) is 0 Å². The number of benzene rings is 1. The van der Waals surface area contributed by atoms with Crippen LogP contribution in [0.5, 0.6) is 0 Å². The van der Waals surface area contributed by atoms with Crippen LogP contribution in [0.25, 0.3) is 28.2 Å². The van der Waals surface area contributed by atoms with E-state index >= 15 is 0 Å². The maximum atomic E-state index is 10.9. The maximum Gasteiger partial charge on any atom is 0.150 e. The van der Waals surface area contributed by atoms with Crippen molar-refractivity contribution >= 4 is 11.9 Å². The lowest BCUT2D eigenvalue weighted by Gasteiger charge is -2.05. The summed E-state index contributed by atoms with van der Waals surface area (Å²) in [7, 11) is 0. The fourth-order valence-electron chi connectivity index (χ4n) is 2.70. The van der Waals surface area contributed by atoms with Gasteiger partial charge in [0.2, 0.25) is 0 Å². The summed E-state index contributed by atoms with van der Waals surface area (Å²) >= 11 is 0. The fraction of sp³-hybridized carbons (Fsp3) is 0. The molecular weight excluding hydrogens is 286 g/mol. The van der Waals surface area contributed by atoms with E-state index in [1.807, 2.05) is 60.8 Å². The van der Waals surface area contributed by atoms with Crippen molar-refractivity contribution in [2.75, 3.05) is 0 Å². The molecule has 0 unspecified atom stereocenters. The van der Waals surface area contributed by atoms with Crippen LogP contribution in [0.15, 0.2) is 73.2 Å². The molecule has 110 valence electrons. The van der Waals surface area contributed by atoms with Crippen LogP contribution in [0.1, 0.15) is 10.4 Å². The lowest BCUT2D eigenvalue weighted by Crippen LogP contribution is -1.89. The van der Waals surface area contributed by atoms with Crippen molar-refractivity contribution in [1.82, 2.24) is 14.4 Å². The molecule has 3 aromatic heterocycles. The predicted octanol–water partition coefficient (Wildman–Crippen LogP) is 3.88. The van der Waals surface area contributed by atoms with Crippen molar-refractivity contribution in [2.24, 2.45) is 0 Å². The molecule has 0 bridgehead atoms. The van der Waals surface area contributed by atoms with E-state index in [2.05, 4.69) is 9.38 Å². The van der Waals surface area contributed by atoms with Crippen LogP contribution in [0.4, 0.5) is 0 Å². The van der Waals surface area contributed by atoms with Gasteiger partial charge in [-0.05, 0) is 24.3 Å². The van der Waals surface area contributed by atoms with Crippen LogP contribution in [0, 0.1) is 0 Å². The summed E-state index contributed by atoms with van der Waals surface area (Å²) in [6.45, 7) is 0. The smallest absolute Gasteiger partial charge is 0.150 e. The second-order valence-corrected chi connectivity index (χ2v) is 5.21. The molecule has 0 amide bonds. The zero-order valence-electron chi connectivity index (χ0n) is 12.3. The van der Waals surface area contributed by atoms with Gasteiger partial charge in [0, 0.05) is 35.3 Å². The number of hydrogen-bond acceptors (Lipinski definition) is 3. The van der Waals surface area contributed by atoms with Crippen LogP contribution in [0.2, 0.25) is 0 Å². The Labute approximate surface area is 133 Å². The fourth-order valence-corrected chi connectivity index (χ4v) is 2.70. The Morgan fingerprint density at radius 1 is 0.870 bits per heavy atom. The first-order valence-corrected chi connectivity index (χ1v) is 7.30. The van der Waals surface area contributed by atoms with Gasteiger partial charge in [0.1, 0.15) is 11.9 Å². The number of imidazole rings is 1. The number of rotatable bonds is 3. The molecule has 4 nitrogen and oxygen atoms in total. The molecule has 0 N–H and O–H groups in total. The van der Waals surface area contributed by atoms with E-state index in [1.54, 1.807) is 12.4 Å². The van der Waals surface area contributed by atoms with Gasteiger partial charge in [-0.3, -0.25) is 14.2 Å². The van der Waals surface area contributed by atoms with Crippen LogP contribution in [-0.2, 0) is 0 Å². The first kappa shape index (κ1) is 13.4. The van der Waals surface area contributed by atoms with E-state index in [4.69, 9.17) is 4.98 Å². The van der Waals surface area contributed by atoms with Crippen molar-refractivity contribution in [3.05, 3.63) is 78.8 Å². The number of hydrogen-bond donors (Lipinski definition) is 0. The third-order valence-corrected chi connectivity index (χ3v) is 3.80. The highest BCUT2D eigenvalue weighted by Gasteiger charge is 2.15. The van der Waals surface area contributed by atoms with Gasteiger partial charge < -0.3 is 0 Å². The Bertz CT molecular complexity index is 973. The number of nitrogens with zero attached hydrogens (tertiary/aromatic N) is 3. The topological polar surface area (TPSA) is 47.3 Å². The Hall–Kier alpha value is -3.27. The number of carbonyl (C=O) groups excluding carboxylic acids is 1. The molecule has 4 aromatic rings. The molecule has 3 heterocycles. The minimum absolute atomic E-state index is 0.656. The van der Waals surface area contributed by atoms with E-state index < -0.39 is 0 Å². The molecule has 23 heavy (non-hydrogen) atoms. The molecule has 1 aromatic carbocycles. The number of carbonyl (C=O) groups is 1. The van der Waals surface area contributed by atoms with Crippen LogP contribution in [0.3, 0.4) is 0 Å². The molecule has 0 saturated carbocycles. The summed E-state index contributed by atoms with van der Waals surface area (Å²) in [6, 6.07) is 17.3. The lowest BCUT2D eigenvalue weighted by molar-refractivity contribution is 0.112. The second kappa shape index (κ2) is 5.50. The van der Waals surface area contributed by atoms with E-state index in [0.717, 1.165) is 34.4 Å². The molecule has 0 aliphatic rings. The summed E-state index contributed by atoms with van der Waals surface area (Å²) in [5.74, 6) is 0. The molecular formula is C19H13N3O. The monoisotopic (exact) mass is 299 g/mol. The zero-order chi connectivity index (χ0) is 15.6. The normalized spacial score (nSPS) is 10.8. The minimum Gasteiger partial charge on any atom is -0.299 e. The van der Waals surface area contributed by atoms with Gasteiger partial charge in [-0.15, -0.1) is 0 Å². The molecule has 4 rings (SSSR count). The van der Waals surface area contributed by atoms with Gasteiger partial charge in [0.05, 0.1) is 11.4 Å². The first-order valence-electron chi connectivity index (χ1n) is 7.30. The zero-order valence-corrected chi connectivity index (χ0v) is 12.3. The Morgan fingerprint density at radius 2 is 1.65 bits per heavy atom. The van der Waals surface area contributed by atoms with Crippen molar-refractivity contribution < 1.29 is 4.79 Å². The average Bonchev–Trinajstić information content (AvgIpc) is 3.02. The largest absolute Gasteiger partial charge is 0.299 e. The molecule has 0 fully saturated rings. The van der Waals surface area contributed by atoms with Gasteiger partial charge in [-0.25, -0.2) is 4.98 Å². The molecule has 0 atom stereocenters. The first-order chi connectivity index (χ1) is 11.4. The molecule has 0 aliphatic heterocycles. The van der Waals surface area contributed by atoms with E-state index in [-0.39, 0.29) is 0 Å². The molecule has 4 heteroatoms. The highest BCUT2D eigenvalue weighted by molar-refractivity contribution is 5.83. The van der Waals surface area contributed by atoms with E-state index in [1.165, 1.54) is 0 Å². The molecule has 0 aliphatic carbocycles. The van der Waals surface area contributed by atoms with Crippen LogP contribution in [-0.4, -0.2) is 20.7 Å². The van der Waals surface area contributed by atoms with Gasteiger partial charge >= 0.3 is 0 Å². The Morgan fingerprint density at radius 3 is 2.39 bits per heavy atom. The Balaban J connectivity index is 2.00. The summed E-state index contributed by atoms with van der Waals surface area (Å²) in [5, 5.41) is 0. The number of aldehydes is 1. The summed E-state index contributed by atoms with van der Waals surface area (Å²) in [5.41, 5.74) is 5.47. The van der Waals surface area contributed by atoms with Crippen LogP contribution >= 0.6 is 0 Å². The lowest BCUT2D eigenvalue weighted by atomic mass is 10.0. The Kier molecular flexibility index (Phi) is 3.20. The summed E-state index contributed by atoms with van der Waals surface area (Å²) in [6.07, 6.45) is 6.40. The molecule has 0 radical (unpaired) electrons. The third kappa shape index (κ3) is 2.30. The van der Waals surface area contributed by atoms with Gasteiger partial charge in [-0.1, -0.05) is 30.3 Å². The average molecular weight is 299 g/mol. The third-order valence-electron chi connectivity index (χ3n) is 3.80. The summed E-state index contributed by atoms with van der Waals surface area (Å²) in [4.78, 5) is 19.7. The second-order valence-electron chi connectivity index (χ2n) is 5.21. The van der Waals surface area contributed by atoms with Crippen molar-refractivity contribution in [3.8, 4) is 22.5 Å². The highest BCUT2D eigenvalue weighted by Crippen LogP contribution is 2.32. The van der Waals surface area contributed by atoms with Crippen molar-refractivity contribution in [3.63, 3.8) is 0 Å². The van der Waals surface area contributed by atoms with Gasteiger partial charge in [0.15, 0.2) is 0 Å². The van der Waals surface area contributed by atoms with Crippen molar-refractivity contribution in [1.29, 1.82) is 0 Å². The number of aromatic nitrogens is 3.